The van der Waals surface area contributed by atoms with Crippen molar-refractivity contribution in [2.75, 3.05) is 0 Å². The van der Waals surface area contributed by atoms with E-state index in [1.807, 2.05) is 0 Å². The van der Waals surface area contributed by atoms with Gasteiger partial charge in [-0.3, -0.25) is 4.79 Å². The molecule has 2 atom stereocenters. The van der Waals surface area contributed by atoms with Crippen molar-refractivity contribution in [1.82, 2.24) is 0 Å². The summed E-state index contributed by atoms with van der Waals surface area (Å²) in [6, 6.07) is 3.71. The molecule has 3 N–H and O–H groups in total. The maximum atomic E-state index is 12.9. The Hall–Kier alpha value is -1.62. The van der Waals surface area contributed by atoms with Crippen LogP contribution < -0.4 is 10.5 Å². The minimum absolute atomic E-state index is 0.253. The third-order valence-corrected chi connectivity index (χ3v) is 2.13. The highest BCUT2D eigenvalue weighted by Crippen LogP contribution is 2.26. The van der Waals surface area contributed by atoms with Crippen molar-refractivity contribution in [1.29, 1.82) is 0 Å². The quantitative estimate of drug-likeness (QED) is 0.809. The van der Waals surface area contributed by atoms with E-state index in [2.05, 4.69) is 0 Å². The average molecular weight is 227 g/mol. The van der Waals surface area contributed by atoms with Crippen molar-refractivity contribution in [3.63, 3.8) is 0 Å². The van der Waals surface area contributed by atoms with Gasteiger partial charge in [-0.2, -0.15) is 0 Å². The van der Waals surface area contributed by atoms with Crippen LogP contribution in [0.5, 0.6) is 5.75 Å². The van der Waals surface area contributed by atoms with Crippen molar-refractivity contribution >= 4 is 5.91 Å². The van der Waals surface area contributed by atoms with E-state index in [0.29, 0.717) is 0 Å². The second-order valence-corrected chi connectivity index (χ2v) is 3.52. The lowest BCUT2D eigenvalue weighted by atomic mass is 10.1. The summed E-state index contributed by atoms with van der Waals surface area (Å²) >= 11 is 0. The van der Waals surface area contributed by atoms with Gasteiger partial charge in [0.2, 0.25) is 0 Å². The Kier molecular flexibility index (Phi) is 3.84. The second-order valence-electron chi connectivity index (χ2n) is 3.52. The molecule has 0 aliphatic rings. The number of aliphatic hydroxyl groups is 1. The Morgan fingerprint density at radius 1 is 1.50 bits per heavy atom. The number of carbonyl (C=O) groups excluding carboxylic acids is 1. The Labute approximate surface area is 92.8 Å². The van der Waals surface area contributed by atoms with Crippen LogP contribution in [0.15, 0.2) is 18.2 Å². The number of halogens is 1. The number of amides is 1. The Morgan fingerprint density at radius 3 is 2.62 bits per heavy atom. The molecule has 0 saturated heterocycles. The first-order chi connectivity index (χ1) is 7.41. The molecule has 0 spiro atoms. The van der Waals surface area contributed by atoms with Gasteiger partial charge in [-0.15, -0.1) is 0 Å². The van der Waals surface area contributed by atoms with Gasteiger partial charge in [0.25, 0.3) is 5.91 Å². The molecule has 0 bridgehead atoms. The predicted molar refractivity (Wildman–Crippen MR) is 56.3 cm³/mol. The SMILES string of the molecule is CC(Oc1ccc(F)cc1[C@H](C)O)C(N)=O. The number of nitrogens with two attached hydrogens (primary N) is 1. The van der Waals surface area contributed by atoms with E-state index < -0.39 is 23.9 Å². The zero-order chi connectivity index (χ0) is 12.3. The topological polar surface area (TPSA) is 72.6 Å². The fourth-order valence-electron chi connectivity index (χ4n) is 1.20. The average Bonchev–Trinajstić information content (AvgIpc) is 2.20. The number of aliphatic hydroxyl groups excluding tert-OH is 1. The highest BCUT2D eigenvalue weighted by atomic mass is 19.1. The molecule has 88 valence electrons. The largest absolute Gasteiger partial charge is 0.481 e. The lowest BCUT2D eigenvalue weighted by Gasteiger charge is -2.16. The maximum absolute atomic E-state index is 12.9. The first-order valence-electron chi connectivity index (χ1n) is 4.85. The summed E-state index contributed by atoms with van der Waals surface area (Å²) in [5.74, 6) is -0.849. The summed E-state index contributed by atoms with van der Waals surface area (Å²) in [5, 5.41) is 9.42. The molecular weight excluding hydrogens is 213 g/mol. The van der Waals surface area contributed by atoms with Gasteiger partial charge in [-0.1, -0.05) is 0 Å². The van der Waals surface area contributed by atoms with E-state index in [4.69, 9.17) is 10.5 Å². The van der Waals surface area contributed by atoms with E-state index >= 15 is 0 Å². The molecule has 0 fully saturated rings. The molecule has 0 aromatic heterocycles. The van der Waals surface area contributed by atoms with Crippen molar-refractivity contribution in [3.8, 4) is 5.75 Å². The van der Waals surface area contributed by atoms with Crippen molar-refractivity contribution in [2.24, 2.45) is 5.73 Å². The van der Waals surface area contributed by atoms with Gasteiger partial charge in [0.05, 0.1) is 6.10 Å². The maximum Gasteiger partial charge on any atom is 0.258 e. The Bertz CT molecular complexity index is 393. The van der Waals surface area contributed by atoms with Gasteiger partial charge in [0.15, 0.2) is 6.10 Å². The number of ether oxygens (including phenoxy) is 1. The van der Waals surface area contributed by atoms with Gasteiger partial charge in [-0.25, -0.2) is 4.39 Å². The summed E-state index contributed by atoms with van der Waals surface area (Å²) < 4.78 is 18.2. The highest BCUT2D eigenvalue weighted by molar-refractivity contribution is 5.78. The first-order valence-corrected chi connectivity index (χ1v) is 4.85. The number of rotatable bonds is 4. The first kappa shape index (κ1) is 12.4. The molecular formula is C11H14FNO3. The normalized spacial score (nSPS) is 14.2. The monoisotopic (exact) mass is 227 g/mol. The Morgan fingerprint density at radius 2 is 2.12 bits per heavy atom. The summed E-state index contributed by atoms with van der Waals surface area (Å²) in [6.45, 7) is 2.97. The van der Waals surface area contributed by atoms with Crippen molar-refractivity contribution in [3.05, 3.63) is 29.6 Å². The third-order valence-electron chi connectivity index (χ3n) is 2.13. The molecule has 1 unspecified atom stereocenters. The lowest BCUT2D eigenvalue weighted by Crippen LogP contribution is -2.31. The van der Waals surface area contributed by atoms with Gasteiger partial charge in [0.1, 0.15) is 11.6 Å². The van der Waals surface area contributed by atoms with Gasteiger partial charge < -0.3 is 15.6 Å². The smallest absolute Gasteiger partial charge is 0.258 e. The molecule has 5 heteroatoms. The minimum atomic E-state index is -0.884. The number of hydrogen-bond acceptors (Lipinski definition) is 3. The molecule has 4 nitrogen and oxygen atoms in total. The van der Waals surface area contributed by atoms with Crippen LogP contribution in [0.25, 0.3) is 0 Å². The molecule has 0 saturated carbocycles. The summed E-state index contributed by atoms with van der Waals surface area (Å²) in [7, 11) is 0. The second kappa shape index (κ2) is 4.94. The van der Waals surface area contributed by atoms with Gasteiger partial charge in [-0.05, 0) is 32.0 Å². The lowest BCUT2D eigenvalue weighted by molar-refractivity contribution is -0.124. The fraction of sp³-hybridized carbons (Fsp3) is 0.364. The Balaban J connectivity index is 2.99. The van der Waals surface area contributed by atoms with Crippen LogP contribution in [0.4, 0.5) is 4.39 Å². The molecule has 1 amide bonds. The van der Waals surface area contributed by atoms with Gasteiger partial charge in [0, 0.05) is 5.56 Å². The molecule has 0 aliphatic heterocycles. The molecule has 0 radical (unpaired) electrons. The molecule has 0 heterocycles. The molecule has 0 aliphatic carbocycles. The number of hydrogen-bond donors (Lipinski definition) is 2. The predicted octanol–water partition coefficient (Wildman–Crippen LogP) is 1.13. The third kappa shape index (κ3) is 2.93. The molecule has 1 rings (SSSR count). The molecule has 1 aromatic carbocycles. The number of carbonyl (C=O) groups is 1. The van der Waals surface area contributed by atoms with E-state index in [1.165, 1.54) is 26.0 Å². The van der Waals surface area contributed by atoms with Crippen molar-refractivity contribution in [2.45, 2.75) is 26.1 Å². The van der Waals surface area contributed by atoms with Crippen LogP contribution in [0, 0.1) is 5.82 Å². The summed E-state index contributed by atoms with van der Waals surface area (Å²) in [6.07, 6.45) is -1.71. The number of benzene rings is 1. The summed E-state index contributed by atoms with van der Waals surface area (Å²) in [5.41, 5.74) is 5.32. The van der Waals surface area contributed by atoms with E-state index in [9.17, 15) is 14.3 Å². The fourth-order valence-corrected chi connectivity index (χ4v) is 1.20. The van der Waals surface area contributed by atoms with Crippen LogP contribution in [-0.4, -0.2) is 17.1 Å². The van der Waals surface area contributed by atoms with Crippen LogP contribution >= 0.6 is 0 Å². The van der Waals surface area contributed by atoms with E-state index in [0.717, 1.165) is 6.07 Å². The zero-order valence-electron chi connectivity index (χ0n) is 9.11. The molecule has 1 aromatic rings. The van der Waals surface area contributed by atoms with Crippen LogP contribution in [0.1, 0.15) is 25.5 Å². The summed E-state index contributed by atoms with van der Waals surface area (Å²) in [4.78, 5) is 10.8. The van der Waals surface area contributed by atoms with Crippen LogP contribution in [0.2, 0.25) is 0 Å². The van der Waals surface area contributed by atoms with Crippen LogP contribution in [-0.2, 0) is 4.79 Å². The standard InChI is InChI=1S/C11H14FNO3/c1-6(14)9-5-8(12)3-4-10(9)16-7(2)11(13)15/h3-7,14H,1-2H3,(H2,13,15)/t6-,7?/m0/s1. The van der Waals surface area contributed by atoms with E-state index in [1.54, 1.807) is 0 Å². The van der Waals surface area contributed by atoms with Gasteiger partial charge >= 0.3 is 0 Å². The number of primary amides is 1. The molecule has 16 heavy (non-hydrogen) atoms. The van der Waals surface area contributed by atoms with Crippen LogP contribution in [0.3, 0.4) is 0 Å². The van der Waals surface area contributed by atoms with E-state index in [-0.39, 0.29) is 11.3 Å². The minimum Gasteiger partial charge on any atom is -0.481 e. The van der Waals surface area contributed by atoms with Crippen molar-refractivity contribution < 1.29 is 19.0 Å². The zero-order valence-corrected chi connectivity index (χ0v) is 9.11. The highest BCUT2D eigenvalue weighted by Gasteiger charge is 2.15.